The van der Waals surface area contributed by atoms with Crippen molar-refractivity contribution in [1.82, 2.24) is 20.2 Å². The van der Waals surface area contributed by atoms with Crippen molar-refractivity contribution >= 4 is 23.4 Å². The fourth-order valence-electron chi connectivity index (χ4n) is 2.32. The van der Waals surface area contributed by atoms with Crippen LogP contribution in [0, 0.1) is 5.82 Å². The van der Waals surface area contributed by atoms with Crippen LogP contribution in [0.4, 0.5) is 10.1 Å². The lowest BCUT2D eigenvalue weighted by Crippen LogP contribution is -2.12. The molecular weight excluding hydrogens is 341 g/mol. The summed E-state index contributed by atoms with van der Waals surface area (Å²) >= 11 is 1.44. The Kier molecular flexibility index (Phi) is 5.39. The highest BCUT2D eigenvalue weighted by molar-refractivity contribution is 7.98. The molecule has 0 bridgehead atoms. The maximum absolute atomic E-state index is 12.9. The number of carbonyl (C=O) groups excluding carboxylic acids is 1. The summed E-state index contributed by atoms with van der Waals surface area (Å²) in [5, 5.41) is 15.1. The molecule has 3 aromatic rings. The second kappa shape index (κ2) is 7.89. The van der Waals surface area contributed by atoms with Crippen LogP contribution in [0.3, 0.4) is 0 Å². The quantitative estimate of drug-likeness (QED) is 0.686. The van der Waals surface area contributed by atoms with Crippen LogP contribution in [0.2, 0.25) is 0 Å². The molecule has 0 fully saturated rings. The van der Waals surface area contributed by atoms with Crippen LogP contribution in [0.5, 0.6) is 0 Å². The number of tetrazole rings is 1. The van der Waals surface area contributed by atoms with Crippen LogP contribution in [0.25, 0.3) is 5.69 Å². The number of carbonyl (C=O) groups is 1. The summed E-state index contributed by atoms with van der Waals surface area (Å²) < 4.78 is 14.5. The predicted molar refractivity (Wildman–Crippen MR) is 94.3 cm³/mol. The lowest BCUT2D eigenvalue weighted by atomic mass is 10.1. The number of hydrogen-bond acceptors (Lipinski definition) is 5. The summed E-state index contributed by atoms with van der Waals surface area (Å²) in [4.78, 5) is 12.1. The zero-order valence-electron chi connectivity index (χ0n) is 13.5. The molecule has 0 aliphatic carbocycles. The molecule has 1 N–H and O–H groups in total. The van der Waals surface area contributed by atoms with Gasteiger partial charge in [-0.25, -0.2) is 4.39 Å². The minimum Gasteiger partial charge on any atom is -0.326 e. The smallest absolute Gasteiger partial charge is 0.224 e. The number of nitrogens with zero attached hydrogens (tertiary/aromatic N) is 4. The van der Waals surface area contributed by atoms with Gasteiger partial charge in [-0.3, -0.25) is 4.79 Å². The average molecular weight is 357 g/mol. The summed E-state index contributed by atoms with van der Waals surface area (Å²) in [6.07, 6.45) is 2.76. The Bertz CT molecular complexity index is 865. The van der Waals surface area contributed by atoms with E-state index >= 15 is 0 Å². The SMILES string of the molecule is CSc1nnnn1-c1cccc(NC(=O)CCc2ccc(F)cc2)c1. The minimum atomic E-state index is -0.280. The van der Waals surface area contributed by atoms with Gasteiger partial charge in [0.25, 0.3) is 0 Å². The van der Waals surface area contributed by atoms with Crippen LogP contribution in [0.1, 0.15) is 12.0 Å². The van der Waals surface area contributed by atoms with Crippen molar-refractivity contribution < 1.29 is 9.18 Å². The standard InChI is InChI=1S/C17H16FN5OS/c1-25-17-20-21-22-23(17)15-4-2-3-14(11-15)19-16(24)10-7-12-5-8-13(18)9-6-12/h2-6,8-9,11H,7,10H2,1H3,(H,19,24). The number of rotatable bonds is 6. The van der Waals surface area contributed by atoms with Crippen LogP contribution in [-0.2, 0) is 11.2 Å². The minimum absolute atomic E-state index is 0.108. The van der Waals surface area contributed by atoms with Crippen LogP contribution >= 0.6 is 11.8 Å². The van der Waals surface area contributed by atoms with Crippen molar-refractivity contribution in [3.05, 3.63) is 59.9 Å². The Morgan fingerprint density at radius 1 is 1.24 bits per heavy atom. The maximum Gasteiger partial charge on any atom is 0.224 e. The van der Waals surface area contributed by atoms with E-state index in [0.717, 1.165) is 11.3 Å². The highest BCUT2D eigenvalue weighted by Gasteiger charge is 2.09. The first-order valence-corrected chi connectivity index (χ1v) is 8.85. The van der Waals surface area contributed by atoms with Gasteiger partial charge in [0, 0.05) is 12.1 Å². The third kappa shape index (κ3) is 4.42. The normalized spacial score (nSPS) is 10.6. The van der Waals surface area contributed by atoms with E-state index < -0.39 is 0 Å². The van der Waals surface area contributed by atoms with E-state index in [0.29, 0.717) is 23.7 Å². The summed E-state index contributed by atoms with van der Waals surface area (Å²) in [5.74, 6) is -0.388. The van der Waals surface area contributed by atoms with E-state index in [2.05, 4.69) is 20.8 Å². The molecule has 25 heavy (non-hydrogen) atoms. The van der Waals surface area contributed by atoms with E-state index in [9.17, 15) is 9.18 Å². The number of benzene rings is 2. The monoisotopic (exact) mass is 357 g/mol. The average Bonchev–Trinajstić information content (AvgIpc) is 3.10. The number of anilines is 1. The van der Waals surface area contributed by atoms with Gasteiger partial charge in [-0.15, -0.1) is 5.10 Å². The van der Waals surface area contributed by atoms with Crippen molar-refractivity contribution in [1.29, 1.82) is 0 Å². The van der Waals surface area contributed by atoms with Gasteiger partial charge in [0.1, 0.15) is 5.82 Å². The van der Waals surface area contributed by atoms with Crippen LogP contribution in [-0.4, -0.2) is 32.4 Å². The van der Waals surface area contributed by atoms with E-state index in [1.165, 1.54) is 23.9 Å². The lowest BCUT2D eigenvalue weighted by molar-refractivity contribution is -0.116. The van der Waals surface area contributed by atoms with Gasteiger partial charge in [0.2, 0.25) is 11.1 Å². The third-order valence-electron chi connectivity index (χ3n) is 3.55. The molecule has 3 rings (SSSR count). The summed E-state index contributed by atoms with van der Waals surface area (Å²) in [5.41, 5.74) is 2.36. The lowest BCUT2D eigenvalue weighted by Gasteiger charge is -2.08. The molecule has 6 nitrogen and oxygen atoms in total. The molecule has 1 heterocycles. The number of hydrogen-bond donors (Lipinski definition) is 1. The van der Waals surface area contributed by atoms with E-state index in [1.807, 2.05) is 30.5 Å². The predicted octanol–water partition coefficient (Wildman–Crippen LogP) is 3.09. The molecule has 0 unspecified atom stereocenters. The van der Waals surface area contributed by atoms with Gasteiger partial charge in [0.05, 0.1) is 5.69 Å². The van der Waals surface area contributed by atoms with E-state index in [4.69, 9.17) is 0 Å². The topological polar surface area (TPSA) is 72.7 Å². The molecule has 0 radical (unpaired) electrons. The van der Waals surface area contributed by atoms with Crippen molar-refractivity contribution in [2.45, 2.75) is 18.0 Å². The molecule has 2 aromatic carbocycles. The Balaban J connectivity index is 1.63. The van der Waals surface area contributed by atoms with Crippen LogP contribution in [0.15, 0.2) is 53.7 Å². The highest BCUT2D eigenvalue weighted by atomic mass is 32.2. The van der Waals surface area contributed by atoms with E-state index in [1.54, 1.807) is 16.8 Å². The molecule has 1 amide bonds. The number of halogens is 1. The van der Waals surface area contributed by atoms with Crippen molar-refractivity contribution in [3.63, 3.8) is 0 Å². The fourth-order valence-corrected chi connectivity index (χ4v) is 2.75. The van der Waals surface area contributed by atoms with Gasteiger partial charge in [0.15, 0.2) is 0 Å². The molecular formula is C17H16FN5OS. The van der Waals surface area contributed by atoms with Crippen LogP contribution < -0.4 is 5.32 Å². The van der Waals surface area contributed by atoms with Gasteiger partial charge in [-0.1, -0.05) is 30.0 Å². The third-order valence-corrected chi connectivity index (χ3v) is 4.17. The Morgan fingerprint density at radius 3 is 2.80 bits per heavy atom. The van der Waals surface area contributed by atoms with Crippen molar-refractivity contribution in [3.8, 4) is 5.69 Å². The zero-order chi connectivity index (χ0) is 17.6. The Labute approximate surface area is 148 Å². The molecule has 0 aliphatic heterocycles. The zero-order valence-corrected chi connectivity index (χ0v) is 14.3. The molecule has 1 aromatic heterocycles. The Hall–Kier alpha value is -2.74. The first kappa shape index (κ1) is 17.1. The van der Waals surface area contributed by atoms with Crippen molar-refractivity contribution in [2.24, 2.45) is 0 Å². The molecule has 0 saturated heterocycles. The largest absolute Gasteiger partial charge is 0.326 e. The van der Waals surface area contributed by atoms with Gasteiger partial charge in [-0.05, 0) is 59.0 Å². The Morgan fingerprint density at radius 2 is 2.04 bits per heavy atom. The first-order valence-electron chi connectivity index (χ1n) is 7.63. The molecule has 0 atom stereocenters. The van der Waals surface area contributed by atoms with Gasteiger partial charge >= 0.3 is 0 Å². The first-order chi connectivity index (χ1) is 12.2. The molecule has 8 heteroatoms. The molecule has 128 valence electrons. The fraction of sp³-hybridized carbons (Fsp3) is 0.176. The number of amides is 1. The summed E-state index contributed by atoms with van der Waals surface area (Å²) in [6, 6.07) is 13.5. The van der Waals surface area contributed by atoms with E-state index in [-0.39, 0.29) is 11.7 Å². The number of aryl methyl sites for hydroxylation is 1. The molecule has 0 aliphatic rings. The summed E-state index contributed by atoms with van der Waals surface area (Å²) in [7, 11) is 0. The van der Waals surface area contributed by atoms with Gasteiger partial charge in [-0.2, -0.15) is 4.68 Å². The second-order valence-corrected chi connectivity index (χ2v) is 6.08. The van der Waals surface area contributed by atoms with Gasteiger partial charge < -0.3 is 5.32 Å². The maximum atomic E-state index is 12.9. The molecule has 0 saturated carbocycles. The number of thioether (sulfide) groups is 1. The molecule has 0 spiro atoms. The summed E-state index contributed by atoms with van der Waals surface area (Å²) in [6.45, 7) is 0. The number of aromatic nitrogens is 4. The highest BCUT2D eigenvalue weighted by Crippen LogP contribution is 2.19. The second-order valence-electron chi connectivity index (χ2n) is 5.30. The van der Waals surface area contributed by atoms with Crippen molar-refractivity contribution in [2.75, 3.05) is 11.6 Å². The number of nitrogens with one attached hydrogen (secondary N) is 1.